The summed E-state index contributed by atoms with van der Waals surface area (Å²) >= 11 is 12.1. The normalized spacial score (nSPS) is 13.6. The number of piperazine rings is 1. The molecule has 1 aliphatic heterocycles. The first-order chi connectivity index (χ1) is 15.4. The van der Waals surface area contributed by atoms with E-state index in [1.165, 1.54) is 7.11 Å². The first kappa shape index (κ1) is 24.0. The molecule has 2 aromatic carbocycles. The van der Waals surface area contributed by atoms with Crippen LogP contribution in [0.2, 0.25) is 10.0 Å². The van der Waals surface area contributed by atoms with Crippen LogP contribution in [0.15, 0.2) is 36.4 Å². The molecule has 0 radical (unpaired) electrons. The lowest BCUT2D eigenvalue weighted by Gasteiger charge is -2.35. The van der Waals surface area contributed by atoms with Crippen LogP contribution in [0.4, 0.5) is 0 Å². The number of nitrogens with zero attached hydrogens (tertiary/aromatic N) is 2. The van der Waals surface area contributed by atoms with Crippen LogP contribution in [-0.2, 0) is 4.79 Å². The van der Waals surface area contributed by atoms with E-state index < -0.39 is 0 Å². The second kappa shape index (κ2) is 11.3. The number of ether oxygens (including phenoxy) is 3. The summed E-state index contributed by atoms with van der Waals surface area (Å²) in [6.45, 7) is 2.28. The van der Waals surface area contributed by atoms with Crippen LogP contribution in [0.3, 0.4) is 0 Å². The first-order valence-electron chi connectivity index (χ1n) is 10.3. The van der Waals surface area contributed by atoms with Gasteiger partial charge in [0.15, 0.2) is 0 Å². The van der Waals surface area contributed by atoms with Crippen LogP contribution < -0.4 is 14.2 Å². The minimum absolute atomic E-state index is 0.0416. The van der Waals surface area contributed by atoms with Crippen molar-refractivity contribution in [3.05, 3.63) is 52.0 Å². The molecule has 3 rings (SSSR count). The summed E-state index contributed by atoms with van der Waals surface area (Å²) in [7, 11) is 3.08. The van der Waals surface area contributed by atoms with Gasteiger partial charge in [-0.2, -0.15) is 0 Å². The molecule has 1 aliphatic rings. The largest absolute Gasteiger partial charge is 0.497 e. The van der Waals surface area contributed by atoms with Gasteiger partial charge < -0.3 is 24.0 Å². The SMILES string of the molecule is COc1ccc(C(=O)N2CCN(C(=O)CCCOc3cccc(Cl)c3Cl)CC2)c(OC)c1. The maximum atomic E-state index is 12.9. The van der Waals surface area contributed by atoms with Crippen LogP contribution in [0.25, 0.3) is 0 Å². The summed E-state index contributed by atoms with van der Waals surface area (Å²) < 4.78 is 16.2. The highest BCUT2D eigenvalue weighted by Crippen LogP contribution is 2.31. The van der Waals surface area contributed by atoms with Crippen molar-refractivity contribution in [1.29, 1.82) is 0 Å². The minimum atomic E-state index is -0.122. The Morgan fingerprint density at radius 3 is 2.34 bits per heavy atom. The highest BCUT2D eigenvalue weighted by molar-refractivity contribution is 6.42. The molecule has 0 N–H and O–H groups in total. The van der Waals surface area contributed by atoms with E-state index in [0.717, 1.165) is 0 Å². The van der Waals surface area contributed by atoms with Crippen molar-refractivity contribution in [1.82, 2.24) is 9.80 Å². The van der Waals surface area contributed by atoms with Gasteiger partial charge in [0.25, 0.3) is 5.91 Å². The number of carbonyl (C=O) groups is 2. The van der Waals surface area contributed by atoms with E-state index in [-0.39, 0.29) is 11.8 Å². The molecule has 0 atom stereocenters. The molecule has 9 heteroatoms. The fourth-order valence-electron chi connectivity index (χ4n) is 3.46. The summed E-state index contributed by atoms with van der Waals surface area (Å²) in [6.07, 6.45) is 0.919. The number of carbonyl (C=O) groups excluding carboxylic acids is 2. The number of benzene rings is 2. The maximum absolute atomic E-state index is 12.9. The van der Waals surface area contributed by atoms with E-state index >= 15 is 0 Å². The predicted molar refractivity (Wildman–Crippen MR) is 123 cm³/mol. The molecular formula is C23H26Cl2N2O5. The molecule has 1 heterocycles. The standard InChI is InChI=1S/C23H26Cl2N2O5/c1-30-16-8-9-17(20(15-16)31-2)23(29)27-12-10-26(11-13-27)21(28)7-4-14-32-19-6-3-5-18(24)22(19)25/h3,5-6,8-9,15H,4,7,10-14H2,1-2H3. The van der Waals surface area contributed by atoms with E-state index in [9.17, 15) is 9.59 Å². The molecule has 0 spiro atoms. The topological polar surface area (TPSA) is 68.3 Å². The smallest absolute Gasteiger partial charge is 0.257 e. The van der Waals surface area contributed by atoms with E-state index in [0.29, 0.717) is 78.5 Å². The number of methoxy groups -OCH3 is 2. The Bertz CT molecular complexity index is 961. The van der Waals surface area contributed by atoms with Gasteiger partial charge in [0.2, 0.25) is 5.91 Å². The molecule has 7 nitrogen and oxygen atoms in total. The van der Waals surface area contributed by atoms with Crippen molar-refractivity contribution in [3.63, 3.8) is 0 Å². The lowest BCUT2D eigenvalue weighted by molar-refractivity contribution is -0.132. The molecule has 1 saturated heterocycles. The number of hydrogen-bond donors (Lipinski definition) is 0. The molecule has 2 amide bonds. The second-order valence-corrected chi connectivity index (χ2v) is 8.03. The Morgan fingerprint density at radius 2 is 1.66 bits per heavy atom. The van der Waals surface area contributed by atoms with Crippen LogP contribution in [0, 0.1) is 0 Å². The minimum Gasteiger partial charge on any atom is -0.497 e. The molecule has 0 bridgehead atoms. The molecule has 0 aliphatic carbocycles. The maximum Gasteiger partial charge on any atom is 0.257 e. The zero-order chi connectivity index (χ0) is 23.1. The van der Waals surface area contributed by atoms with Crippen molar-refractivity contribution in [2.45, 2.75) is 12.8 Å². The van der Waals surface area contributed by atoms with Crippen molar-refractivity contribution in [3.8, 4) is 17.2 Å². The summed E-state index contributed by atoms with van der Waals surface area (Å²) in [5, 5.41) is 0.801. The number of hydrogen-bond acceptors (Lipinski definition) is 5. The molecule has 0 saturated carbocycles. The van der Waals surface area contributed by atoms with Gasteiger partial charge >= 0.3 is 0 Å². The van der Waals surface area contributed by atoms with Gasteiger partial charge in [0, 0.05) is 38.7 Å². The molecule has 0 aromatic heterocycles. The molecule has 32 heavy (non-hydrogen) atoms. The van der Waals surface area contributed by atoms with E-state index in [2.05, 4.69) is 0 Å². The van der Waals surface area contributed by atoms with E-state index in [4.69, 9.17) is 37.4 Å². The monoisotopic (exact) mass is 480 g/mol. The number of rotatable bonds is 8. The van der Waals surface area contributed by atoms with Gasteiger partial charge in [-0.15, -0.1) is 0 Å². The summed E-state index contributed by atoms with van der Waals surface area (Å²) in [5.41, 5.74) is 0.477. The molecular weight excluding hydrogens is 455 g/mol. The highest BCUT2D eigenvalue weighted by atomic mass is 35.5. The molecule has 172 valence electrons. The summed E-state index contributed by atoms with van der Waals surface area (Å²) in [5.74, 6) is 1.51. The van der Waals surface area contributed by atoms with Crippen molar-refractivity contribution in [2.75, 3.05) is 47.0 Å². The average molecular weight is 481 g/mol. The van der Waals surface area contributed by atoms with Crippen LogP contribution in [0.1, 0.15) is 23.2 Å². The third-order valence-corrected chi connectivity index (χ3v) is 6.07. The van der Waals surface area contributed by atoms with Crippen molar-refractivity contribution >= 4 is 35.0 Å². The Kier molecular flexibility index (Phi) is 8.47. The van der Waals surface area contributed by atoms with E-state index in [1.54, 1.807) is 53.3 Å². The molecule has 1 fully saturated rings. The Labute approximate surface area is 197 Å². The third-order valence-electron chi connectivity index (χ3n) is 5.27. The van der Waals surface area contributed by atoms with Crippen molar-refractivity contribution < 1.29 is 23.8 Å². The van der Waals surface area contributed by atoms with Gasteiger partial charge in [-0.25, -0.2) is 0 Å². The molecule has 2 aromatic rings. The Hall–Kier alpha value is -2.64. The zero-order valence-corrected chi connectivity index (χ0v) is 19.6. The second-order valence-electron chi connectivity index (χ2n) is 7.24. The van der Waals surface area contributed by atoms with Gasteiger partial charge in [-0.3, -0.25) is 9.59 Å². The van der Waals surface area contributed by atoms with Gasteiger partial charge in [0.05, 0.1) is 31.4 Å². The van der Waals surface area contributed by atoms with Gasteiger partial charge in [-0.1, -0.05) is 29.3 Å². The Balaban J connectivity index is 1.45. The van der Waals surface area contributed by atoms with E-state index in [1.807, 2.05) is 0 Å². The molecule has 0 unspecified atom stereocenters. The zero-order valence-electron chi connectivity index (χ0n) is 18.1. The van der Waals surface area contributed by atoms with Crippen LogP contribution >= 0.6 is 23.2 Å². The van der Waals surface area contributed by atoms with Crippen molar-refractivity contribution in [2.24, 2.45) is 0 Å². The summed E-state index contributed by atoms with van der Waals surface area (Å²) in [6, 6.07) is 10.3. The number of halogens is 2. The van der Waals surface area contributed by atoms with Gasteiger partial charge in [-0.05, 0) is 30.7 Å². The lowest BCUT2D eigenvalue weighted by atomic mass is 10.1. The predicted octanol–water partition coefficient (Wildman–Crippen LogP) is 4.15. The first-order valence-corrected chi connectivity index (χ1v) is 11.1. The lowest BCUT2D eigenvalue weighted by Crippen LogP contribution is -2.50. The number of amides is 2. The average Bonchev–Trinajstić information content (AvgIpc) is 2.83. The third kappa shape index (κ3) is 5.78. The fraction of sp³-hybridized carbons (Fsp3) is 0.391. The fourth-order valence-corrected chi connectivity index (χ4v) is 3.81. The van der Waals surface area contributed by atoms with Crippen LogP contribution in [-0.4, -0.2) is 68.6 Å². The van der Waals surface area contributed by atoms with Gasteiger partial charge in [0.1, 0.15) is 22.3 Å². The van der Waals surface area contributed by atoms with Crippen LogP contribution in [0.5, 0.6) is 17.2 Å². The highest BCUT2D eigenvalue weighted by Gasteiger charge is 2.26. The quantitative estimate of drug-likeness (QED) is 0.530. The Morgan fingerprint density at radius 1 is 0.938 bits per heavy atom. The summed E-state index contributed by atoms with van der Waals surface area (Å²) in [4.78, 5) is 29.0.